The minimum atomic E-state index is -0.326. The standard InChI is InChI=1S/C23H20O3/c1-25-21-13-7-2-8-16(21)14-15-22(24)26-23-19-11-5-3-9-17(19)18-10-4-6-12-20(18)23/h2-13,23H,14-15H2,1H3. The molecule has 0 saturated heterocycles. The van der Waals surface area contributed by atoms with Gasteiger partial charge in [0.15, 0.2) is 6.10 Å². The van der Waals surface area contributed by atoms with E-state index in [0.717, 1.165) is 33.6 Å². The Balaban J connectivity index is 1.51. The summed E-state index contributed by atoms with van der Waals surface area (Å²) in [7, 11) is 1.64. The van der Waals surface area contributed by atoms with Gasteiger partial charge in [0.2, 0.25) is 0 Å². The molecule has 0 amide bonds. The van der Waals surface area contributed by atoms with E-state index in [1.807, 2.05) is 60.7 Å². The largest absolute Gasteiger partial charge is 0.496 e. The fourth-order valence-electron chi connectivity index (χ4n) is 3.57. The highest BCUT2D eigenvalue weighted by Gasteiger charge is 2.30. The molecule has 0 radical (unpaired) electrons. The van der Waals surface area contributed by atoms with E-state index in [2.05, 4.69) is 12.1 Å². The van der Waals surface area contributed by atoms with Crippen LogP contribution in [-0.2, 0) is 16.0 Å². The lowest BCUT2D eigenvalue weighted by molar-refractivity contribution is -0.147. The summed E-state index contributed by atoms with van der Waals surface area (Å²) in [5.74, 6) is 0.601. The summed E-state index contributed by atoms with van der Waals surface area (Å²) in [4.78, 5) is 12.5. The summed E-state index contributed by atoms with van der Waals surface area (Å²) < 4.78 is 11.2. The molecule has 3 heteroatoms. The fraction of sp³-hybridized carbons (Fsp3) is 0.174. The van der Waals surface area contributed by atoms with Crippen LogP contribution in [0.1, 0.15) is 29.2 Å². The van der Waals surface area contributed by atoms with Crippen LogP contribution < -0.4 is 4.74 Å². The number of carbonyl (C=O) groups is 1. The van der Waals surface area contributed by atoms with Gasteiger partial charge < -0.3 is 9.47 Å². The number of fused-ring (bicyclic) bond motifs is 3. The third-order valence-electron chi connectivity index (χ3n) is 4.82. The molecule has 0 fully saturated rings. The topological polar surface area (TPSA) is 35.5 Å². The number of aryl methyl sites for hydroxylation is 1. The number of ether oxygens (including phenoxy) is 2. The molecule has 0 saturated carbocycles. The van der Waals surface area contributed by atoms with Crippen LogP contribution in [0.3, 0.4) is 0 Å². The zero-order valence-electron chi connectivity index (χ0n) is 14.6. The van der Waals surface area contributed by atoms with E-state index in [-0.39, 0.29) is 12.1 Å². The van der Waals surface area contributed by atoms with Crippen LogP contribution in [0.2, 0.25) is 0 Å². The highest BCUT2D eigenvalue weighted by Crippen LogP contribution is 2.45. The molecule has 0 bridgehead atoms. The molecular weight excluding hydrogens is 324 g/mol. The summed E-state index contributed by atoms with van der Waals surface area (Å²) >= 11 is 0. The van der Waals surface area contributed by atoms with Crippen molar-refractivity contribution >= 4 is 5.97 Å². The van der Waals surface area contributed by atoms with Crippen LogP contribution in [0, 0.1) is 0 Å². The average molecular weight is 344 g/mol. The number of esters is 1. The fourth-order valence-corrected chi connectivity index (χ4v) is 3.57. The predicted molar refractivity (Wildman–Crippen MR) is 101 cm³/mol. The van der Waals surface area contributed by atoms with Crippen molar-refractivity contribution < 1.29 is 14.3 Å². The Morgan fingerprint density at radius 3 is 2.08 bits per heavy atom. The molecule has 4 rings (SSSR count). The van der Waals surface area contributed by atoms with Crippen molar-refractivity contribution in [1.29, 1.82) is 0 Å². The van der Waals surface area contributed by atoms with Gasteiger partial charge in [-0.3, -0.25) is 4.79 Å². The van der Waals surface area contributed by atoms with E-state index in [1.165, 1.54) is 0 Å². The molecule has 0 aromatic heterocycles. The maximum atomic E-state index is 12.5. The average Bonchev–Trinajstić information content (AvgIpc) is 3.01. The molecule has 1 aliphatic rings. The maximum Gasteiger partial charge on any atom is 0.307 e. The number of methoxy groups -OCH3 is 1. The van der Waals surface area contributed by atoms with Crippen LogP contribution in [-0.4, -0.2) is 13.1 Å². The first kappa shape index (κ1) is 16.4. The number of carbonyl (C=O) groups excluding carboxylic acids is 1. The number of hydrogen-bond acceptors (Lipinski definition) is 3. The summed E-state index contributed by atoms with van der Waals surface area (Å²) in [6.45, 7) is 0. The number of benzene rings is 3. The first-order valence-electron chi connectivity index (χ1n) is 8.77. The third kappa shape index (κ3) is 2.97. The normalized spacial score (nSPS) is 12.3. The molecule has 0 N–H and O–H groups in total. The molecule has 0 spiro atoms. The first-order chi connectivity index (χ1) is 12.8. The number of para-hydroxylation sites is 1. The van der Waals surface area contributed by atoms with Crippen molar-refractivity contribution in [3.8, 4) is 16.9 Å². The molecule has 0 heterocycles. The molecule has 26 heavy (non-hydrogen) atoms. The van der Waals surface area contributed by atoms with Crippen molar-refractivity contribution in [2.24, 2.45) is 0 Å². The molecule has 1 aliphatic carbocycles. The molecule has 3 aromatic rings. The van der Waals surface area contributed by atoms with E-state index >= 15 is 0 Å². The van der Waals surface area contributed by atoms with Gasteiger partial charge in [0.1, 0.15) is 5.75 Å². The number of rotatable bonds is 5. The van der Waals surface area contributed by atoms with Gasteiger partial charge in [-0.15, -0.1) is 0 Å². The zero-order chi connectivity index (χ0) is 17.9. The minimum Gasteiger partial charge on any atom is -0.496 e. The quantitative estimate of drug-likeness (QED) is 0.615. The van der Waals surface area contributed by atoms with Crippen molar-refractivity contribution in [3.63, 3.8) is 0 Å². The number of hydrogen-bond donors (Lipinski definition) is 0. The van der Waals surface area contributed by atoms with Gasteiger partial charge in [-0.25, -0.2) is 0 Å². The van der Waals surface area contributed by atoms with E-state index in [9.17, 15) is 4.79 Å². The highest BCUT2D eigenvalue weighted by molar-refractivity contribution is 5.80. The SMILES string of the molecule is COc1ccccc1CCC(=O)OC1c2ccccc2-c2ccccc21. The van der Waals surface area contributed by atoms with Crippen LogP contribution in [0.25, 0.3) is 11.1 Å². The molecule has 0 unspecified atom stereocenters. The van der Waals surface area contributed by atoms with Crippen LogP contribution in [0.5, 0.6) is 5.75 Å². The molecule has 3 nitrogen and oxygen atoms in total. The van der Waals surface area contributed by atoms with Gasteiger partial charge in [-0.1, -0.05) is 66.7 Å². The van der Waals surface area contributed by atoms with Gasteiger partial charge in [0, 0.05) is 17.5 Å². The van der Waals surface area contributed by atoms with Gasteiger partial charge >= 0.3 is 5.97 Å². The lowest BCUT2D eigenvalue weighted by Gasteiger charge is -2.15. The lowest BCUT2D eigenvalue weighted by atomic mass is 10.1. The molecular formula is C23H20O3. The maximum absolute atomic E-state index is 12.5. The summed E-state index contributed by atoms with van der Waals surface area (Å²) in [6, 6.07) is 24.0. The van der Waals surface area contributed by atoms with Crippen molar-refractivity contribution in [3.05, 3.63) is 89.5 Å². The second-order valence-electron chi connectivity index (χ2n) is 6.36. The second-order valence-corrected chi connectivity index (χ2v) is 6.36. The third-order valence-corrected chi connectivity index (χ3v) is 4.82. The van der Waals surface area contributed by atoms with E-state index in [1.54, 1.807) is 7.11 Å². The van der Waals surface area contributed by atoms with Gasteiger partial charge in [-0.05, 0) is 29.2 Å². The van der Waals surface area contributed by atoms with Gasteiger partial charge in [0.05, 0.1) is 7.11 Å². The Morgan fingerprint density at radius 1 is 0.846 bits per heavy atom. The van der Waals surface area contributed by atoms with E-state index < -0.39 is 0 Å². The predicted octanol–water partition coefficient (Wildman–Crippen LogP) is 4.94. The van der Waals surface area contributed by atoms with Crippen molar-refractivity contribution in [2.45, 2.75) is 18.9 Å². The van der Waals surface area contributed by atoms with Crippen LogP contribution in [0.15, 0.2) is 72.8 Å². The van der Waals surface area contributed by atoms with Gasteiger partial charge in [0.25, 0.3) is 0 Å². The Kier molecular flexibility index (Phi) is 4.44. The van der Waals surface area contributed by atoms with Crippen molar-refractivity contribution in [1.82, 2.24) is 0 Å². The smallest absolute Gasteiger partial charge is 0.307 e. The molecule has 3 aromatic carbocycles. The van der Waals surface area contributed by atoms with Crippen LogP contribution in [0.4, 0.5) is 0 Å². The summed E-state index contributed by atoms with van der Waals surface area (Å²) in [5, 5.41) is 0. The molecule has 0 atom stereocenters. The van der Waals surface area contributed by atoms with Gasteiger partial charge in [-0.2, -0.15) is 0 Å². The Hall–Kier alpha value is -3.07. The Bertz CT molecular complexity index is 900. The Morgan fingerprint density at radius 2 is 1.42 bits per heavy atom. The highest BCUT2D eigenvalue weighted by atomic mass is 16.5. The summed E-state index contributed by atoms with van der Waals surface area (Å²) in [5.41, 5.74) is 5.41. The minimum absolute atomic E-state index is 0.201. The van der Waals surface area contributed by atoms with E-state index in [0.29, 0.717) is 12.8 Å². The second kappa shape index (κ2) is 7.04. The van der Waals surface area contributed by atoms with Crippen molar-refractivity contribution in [2.75, 3.05) is 7.11 Å². The zero-order valence-corrected chi connectivity index (χ0v) is 14.6. The van der Waals surface area contributed by atoms with Crippen LogP contribution >= 0.6 is 0 Å². The molecule has 0 aliphatic heterocycles. The monoisotopic (exact) mass is 344 g/mol. The van der Waals surface area contributed by atoms with E-state index in [4.69, 9.17) is 9.47 Å². The summed E-state index contributed by atoms with van der Waals surface area (Å²) in [6.07, 6.45) is 0.590. The Labute approximate surface area is 153 Å². The lowest BCUT2D eigenvalue weighted by Crippen LogP contribution is -2.11. The molecule has 130 valence electrons. The first-order valence-corrected chi connectivity index (χ1v) is 8.77.